The number of fused-ring (bicyclic) bond motifs is 7. The molecule has 5 aliphatic carbocycles. The Morgan fingerprint density at radius 1 is 0.742 bits per heavy atom. The van der Waals surface area contributed by atoms with Crippen molar-refractivity contribution in [2.75, 3.05) is 0 Å². The van der Waals surface area contributed by atoms with Crippen LogP contribution in [0.15, 0.2) is 11.6 Å². The quantitative estimate of drug-likeness (QED) is 0.357. The van der Waals surface area contributed by atoms with Crippen LogP contribution in [0.4, 0.5) is 0 Å². The average Bonchev–Trinajstić information content (AvgIpc) is 2.66. The Bertz CT molecular complexity index is 831. The van der Waals surface area contributed by atoms with Crippen LogP contribution in [0, 0.1) is 50.2 Å². The van der Waals surface area contributed by atoms with E-state index in [-0.39, 0.29) is 5.41 Å². The Kier molecular flexibility index (Phi) is 4.51. The SMILES string of the molecule is CC1(C)CC[C@]2(C)CC=C3[C@]4(C)CCC5C(C)(C)C(=O)CC[C@]5(C)[C@H]4CC[C@@]3(C)C2C1. The molecule has 0 heterocycles. The van der Waals surface area contributed by atoms with Gasteiger partial charge in [-0.2, -0.15) is 0 Å². The molecule has 31 heavy (non-hydrogen) atoms. The fourth-order valence-corrected chi connectivity index (χ4v) is 10.7. The fraction of sp³-hybridized carbons (Fsp3) is 0.900. The summed E-state index contributed by atoms with van der Waals surface area (Å²) in [6, 6.07) is 0. The van der Waals surface area contributed by atoms with Crippen LogP contribution in [0.1, 0.15) is 120 Å². The first-order valence-corrected chi connectivity index (χ1v) is 13.4. The summed E-state index contributed by atoms with van der Waals surface area (Å²) in [5.41, 5.74) is 3.73. The van der Waals surface area contributed by atoms with Gasteiger partial charge in [-0.1, -0.05) is 67.0 Å². The van der Waals surface area contributed by atoms with Crippen molar-refractivity contribution in [1.29, 1.82) is 0 Å². The van der Waals surface area contributed by atoms with Crippen LogP contribution in [0.3, 0.4) is 0 Å². The van der Waals surface area contributed by atoms with Crippen LogP contribution in [-0.2, 0) is 4.79 Å². The molecule has 0 radical (unpaired) electrons. The van der Waals surface area contributed by atoms with E-state index >= 15 is 0 Å². The zero-order valence-corrected chi connectivity index (χ0v) is 21.8. The molecule has 0 amide bonds. The summed E-state index contributed by atoms with van der Waals surface area (Å²) in [6.07, 6.45) is 15.5. The highest BCUT2D eigenvalue weighted by Gasteiger charge is 2.66. The molecule has 0 N–H and O–H groups in total. The van der Waals surface area contributed by atoms with Crippen molar-refractivity contribution >= 4 is 5.78 Å². The second kappa shape index (κ2) is 6.29. The van der Waals surface area contributed by atoms with Crippen molar-refractivity contribution in [1.82, 2.24) is 0 Å². The van der Waals surface area contributed by atoms with Gasteiger partial charge in [0.1, 0.15) is 5.78 Å². The Hall–Kier alpha value is -0.590. The first kappa shape index (κ1) is 22.2. The maximum absolute atomic E-state index is 12.9. The number of ketones is 1. The first-order valence-electron chi connectivity index (χ1n) is 13.4. The lowest BCUT2D eigenvalue weighted by Crippen LogP contribution is -2.62. The molecule has 0 saturated heterocycles. The largest absolute Gasteiger partial charge is 0.299 e. The molecule has 2 unspecified atom stereocenters. The summed E-state index contributed by atoms with van der Waals surface area (Å²) < 4.78 is 0. The molecule has 174 valence electrons. The van der Waals surface area contributed by atoms with Gasteiger partial charge in [-0.3, -0.25) is 4.79 Å². The third kappa shape index (κ3) is 2.76. The Balaban J connectivity index is 1.56. The van der Waals surface area contributed by atoms with E-state index in [0.717, 1.165) is 24.7 Å². The Morgan fingerprint density at radius 3 is 2.03 bits per heavy atom. The van der Waals surface area contributed by atoms with E-state index in [1.165, 1.54) is 51.4 Å². The van der Waals surface area contributed by atoms with E-state index in [9.17, 15) is 4.79 Å². The van der Waals surface area contributed by atoms with E-state index < -0.39 is 0 Å². The minimum absolute atomic E-state index is 0.137. The van der Waals surface area contributed by atoms with Gasteiger partial charge in [0.05, 0.1) is 0 Å². The van der Waals surface area contributed by atoms with Gasteiger partial charge in [0.15, 0.2) is 0 Å². The minimum atomic E-state index is -0.137. The number of rotatable bonds is 0. The van der Waals surface area contributed by atoms with Crippen LogP contribution in [0.2, 0.25) is 0 Å². The van der Waals surface area contributed by atoms with Gasteiger partial charge < -0.3 is 0 Å². The van der Waals surface area contributed by atoms with Gasteiger partial charge in [-0.05, 0) is 103 Å². The number of carbonyl (C=O) groups excluding carboxylic acids is 1. The van der Waals surface area contributed by atoms with E-state index in [4.69, 9.17) is 0 Å². The smallest absolute Gasteiger partial charge is 0.138 e. The summed E-state index contributed by atoms with van der Waals surface area (Å²) in [6.45, 7) is 20.1. The number of carbonyl (C=O) groups is 1. The lowest BCUT2D eigenvalue weighted by Gasteiger charge is -2.69. The summed E-state index contributed by atoms with van der Waals surface area (Å²) in [4.78, 5) is 12.9. The van der Waals surface area contributed by atoms with Gasteiger partial charge in [-0.15, -0.1) is 0 Å². The van der Waals surface area contributed by atoms with Gasteiger partial charge in [0.2, 0.25) is 0 Å². The highest BCUT2D eigenvalue weighted by atomic mass is 16.1. The van der Waals surface area contributed by atoms with Crippen LogP contribution in [0.5, 0.6) is 0 Å². The van der Waals surface area contributed by atoms with Crippen LogP contribution >= 0.6 is 0 Å². The van der Waals surface area contributed by atoms with Gasteiger partial charge in [0, 0.05) is 11.8 Å². The van der Waals surface area contributed by atoms with Crippen LogP contribution < -0.4 is 0 Å². The lowest BCUT2D eigenvalue weighted by molar-refractivity contribution is -0.168. The number of hydrogen-bond donors (Lipinski definition) is 0. The van der Waals surface area contributed by atoms with E-state index in [0.29, 0.717) is 38.8 Å². The number of Topliss-reactive ketones (excluding diaryl/α,β-unsaturated/α-hetero) is 1. The van der Waals surface area contributed by atoms with Crippen molar-refractivity contribution in [2.45, 2.75) is 120 Å². The van der Waals surface area contributed by atoms with Gasteiger partial charge in [-0.25, -0.2) is 0 Å². The normalized spacial score (nSPS) is 52.8. The predicted molar refractivity (Wildman–Crippen MR) is 130 cm³/mol. The van der Waals surface area contributed by atoms with Gasteiger partial charge in [0.25, 0.3) is 0 Å². The molecule has 0 spiro atoms. The average molecular weight is 425 g/mol. The van der Waals surface area contributed by atoms with Crippen molar-refractivity contribution in [3.63, 3.8) is 0 Å². The molecule has 0 aliphatic heterocycles. The Labute approximate surface area is 192 Å². The molecular formula is C30H48O. The molecule has 4 saturated carbocycles. The standard InChI is InChI=1S/C30H48O/c1-25(2)17-18-27(5)13-9-21-29(7)14-10-20-26(3,4)24(31)12-16-28(20,6)22(29)11-15-30(21,8)23(27)19-25/h9,20,22-23H,10-19H2,1-8H3/t20?,22-,23?,27+,28+,29+,30-/m1/s1. The molecule has 7 atom stereocenters. The molecule has 1 heteroatoms. The second-order valence-electron chi connectivity index (χ2n) is 15.1. The second-order valence-corrected chi connectivity index (χ2v) is 15.1. The highest BCUT2D eigenvalue weighted by molar-refractivity contribution is 5.85. The molecular weight excluding hydrogens is 376 g/mol. The first-order chi connectivity index (χ1) is 14.2. The molecule has 0 aromatic rings. The van der Waals surface area contributed by atoms with Crippen molar-refractivity contribution < 1.29 is 4.79 Å². The number of hydrogen-bond acceptors (Lipinski definition) is 1. The lowest BCUT2D eigenvalue weighted by atomic mass is 9.35. The molecule has 4 fully saturated rings. The summed E-state index contributed by atoms with van der Waals surface area (Å²) in [5.74, 6) is 2.66. The van der Waals surface area contributed by atoms with Crippen molar-refractivity contribution in [3.8, 4) is 0 Å². The van der Waals surface area contributed by atoms with E-state index in [1.807, 2.05) is 5.57 Å². The molecule has 0 bridgehead atoms. The molecule has 1 nitrogen and oxygen atoms in total. The maximum atomic E-state index is 12.9. The molecule has 0 aromatic carbocycles. The van der Waals surface area contributed by atoms with Gasteiger partial charge >= 0.3 is 0 Å². The zero-order valence-electron chi connectivity index (χ0n) is 21.8. The summed E-state index contributed by atoms with van der Waals surface area (Å²) in [5, 5.41) is 0. The fourth-order valence-electron chi connectivity index (χ4n) is 10.7. The van der Waals surface area contributed by atoms with E-state index in [1.54, 1.807) is 0 Å². The van der Waals surface area contributed by atoms with Crippen LogP contribution in [0.25, 0.3) is 0 Å². The summed E-state index contributed by atoms with van der Waals surface area (Å²) in [7, 11) is 0. The predicted octanol–water partition coefficient (Wildman–Crippen LogP) is 8.38. The highest BCUT2D eigenvalue weighted by Crippen LogP contribution is 2.74. The van der Waals surface area contributed by atoms with Crippen molar-refractivity contribution in [2.24, 2.45) is 50.2 Å². The Morgan fingerprint density at radius 2 is 1.35 bits per heavy atom. The molecule has 5 aliphatic rings. The third-order valence-electron chi connectivity index (χ3n) is 12.5. The van der Waals surface area contributed by atoms with Crippen LogP contribution in [-0.4, -0.2) is 5.78 Å². The monoisotopic (exact) mass is 424 g/mol. The van der Waals surface area contributed by atoms with Crippen molar-refractivity contribution in [3.05, 3.63) is 11.6 Å². The van der Waals surface area contributed by atoms with E-state index in [2.05, 4.69) is 61.5 Å². The summed E-state index contributed by atoms with van der Waals surface area (Å²) >= 11 is 0. The molecule has 0 aromatic heterocycles. The molecule has 5 rings (SSSR count). The topological polar surface area (TPSA) is 17.1 Å². The minimum Gasteiger partial charge on any atom is -0.299 e. The zero-order chi connectivity index (χ0) is 22.7. The third-order valence-corrected chi connectivity index (χ3v) is 12.5. The maximum Gasteiger partial charge on any atom is 0.138 e. The number of allylic oxidation sites excluding steroid dienone is 2.